The van der Waals surface area contributed by atoms with Crippen LogP contribution >= 0.6 is 0 Å². The maximum atomic E-state index is 13.3. The van der Waals surface area contributed by atoms with E-state index in [9.17, 15) is 4.79 Å². The van der Waals surface area contributed by atoms with E-state index in [0.717, 1.165) is 22.8 Å². The second-order valence-corrected chi connectivity index (χ2v) is 7.06. The van der Waals surface area contributed by atoms with Crippen LogP contribution in [-0.2, 0) is 6.54 Å². The Kier molecular flexibility index (Phi) is 4.14. The number of ether oxygens (including phenoxy) is 1. The summed E-state index contributed by atoms with van der Waals surface area (Å²) in [6.45, 7) is 6.70. The van der Waals surface area contributed by atoms with Crippen molar-refractivity contribution in [2.24, 2.45) is 5.92 Å². The van der Waals surface area contributed by atoms with Gasteiger partial charge >= 0.3 is 5.78 Å². The zero-order chi connectivity index (χ0) is 19.1. The van der Waals surface area contributed by atoms with Gasteiger partial charge in [-0.15, -0.1) is 4.52 Å². The Morgan fingerprint density at radius 1 is 1.26 bits per heavy atom. The fourth-order valence-electron chi connectivity index (χ4n) is 3.35. The number of nitrogens with one attached hydrogen (secondary N) is 1. The van der Waals surface area contributed by atoms with Crippen molar-refractivity contribution in [3.05, 3.63) is 52.7 Å². The summed E-state index contributed by atoms with van der Waals surface area (Å²) in [5.74, 6) is 2.34. The zero-order valence-corrected chi connectivity index (χ0v) is 15.9. The highest BCUT2D eigenvalue weighted by Crippen LogP contribution is 2.25. The van der Waals surface area contributed by atoms with Gasteiger partial charge in [-0.25, -0.2) is 5.10 Å². The van der Waals surface area contributed by atoms with E-state index < -0.39 is 0 Å². The van der Waals surface area contributed by atoms with Gasteiger partial charge in [0, 0.05) is 25.2 Å². The summed E-state index contributed by atoms with van der Waals surface area (Å²) in [5, 5.41) is 3.76. The number of H-pyrrole nitrogens is 1. The van der Waals surface area contributed by atoms with Gasteiger partial charge in [0.2, 0.25) is 5.82 Å². The van der Waals surface area contributed by atoms with Crippen LogP contribution in [0.2, 0.25) is 0 Å². The van der Waals surface area contributed by atoms with Crippen LogP contribution in [-0.4, -0.2) is 26.7 Å². The van der Waals surface area contributed by atoms with Crippen LogP contribution in [0.25, 0.3) is 27.9 Å². The number of aryl methyl sites for hydroxylation is 1. The maximum Gasteiger partial charge on any atom is 0.458 e. The minimum Gasteiger partial charge on any atom is -0.497 e. The van der Waals surface area contributed by atoms with E-state index in [0.29, 0.717) is 29.1 Å². The lowest BCUT2D eigenvalue weighted by Crippen LogP contribution is -2.32. The first-order chi connectivity index (χ1) is 13.0. The maximum absolute atomic E-state index is 13.3. The topological polar surface area (TPSA) is 76.9 Å². The molecule has 138 valence electrons. The van der Waals surface area contributed by atoms with Gasteiger partial charge in [-0.1, -0.05) is 35.9 Å². The summed E-state index contributed by atoms with van der Waals surface area (Å²) in [6, 6.07) is 9.54. The predicted molar refractivity (Wildman–Crippen MR) is 103 cm³/mol. The lowest BCUT2D eigenvalue weighted by atomic mass is 10.1. The van der Waals surface area contributed by atoms with E-state index in [2.05, 4.69) is 28.9 Å². The van der Waals surface area contributed by atoms with Crippen LogP contribution in [0.15, 0.2) is 41.3 Å². The van der Waals surface area contributed by atoms with Crippen molar-refractivity contribution in [1.29, 1.82) is 0 Å². The molecule has 0 saturated carbocycles. The zero-order valence-electron chi connectivity index (χ0n) is 15.9. The first-order valence-corrected chi connectivity index (χ1v) is 8.94. The van der Waals surface area contributed by atoms with Crippen molar-refractivity contribution in [2.45, 2.75) is 27.3 Å². The number of hydrogen-bond acceptors (Lipinski definition) is 4. The fraction of sp³-hybridized carbons (Fsp3) is 0.300. The largest absolute Gasteiger partial charge is 0.497 e. The Bertz CT molecular complexity index is 1210. The number of nitrogens with zero attached hydrogens (tertiary/aromatic N) is 4. The normalized spacial score (nSPS) is 11.6. The smallest absolute Gasteiger partial charge is 0.458 e. The Labute approximate surface area is 156 Å². The third-order valence-corrected chi connectivity index (χ3v) is 4.47. The highest BCUT2D eigenvalue weighted by atomic mass is 16.5. The molecule has 0 spiro atoms. The van der Waals surface area contributed by atoms with E-state index in [1.54, 1.807) is 16.2 Å². The summed E-state index contributed by atoms with van der Waals surface area (Å²) in [5.41, 5.74) is 2.16. The van der Waals surface area contributed by atoms with Crippen molar-refractivity contribution in [3.63, 3.8) is 0 Å². The summed E-state index contributed by atoms with van der Waals surface area (Å²) in [4.78, 5) is 22.3. The monoisotopic (exact) mass is 364 g/mol. The van der Waals surface area contributed by atoms with Gasteiger partial charge in [0.15, 0.2) is 11.2 Å². The van der Waals surface area contributed by atoms with Crippen LogP contribution in [0.5, 0.6) is 5.75 Å². The first kappa shape index (κ1) is 17.2. The highest BCUT2D eigenvalue weighted by molar-refractivity contribution is 5.90. The lowest BCUT2D eigenvalue weighted by Gasteiger charge is -2.10. The van der Waals surface area contributed by atoms with Crippen LogP contribution in [0.3, 0.4) is 0 Å². The Hall–Kier alpha value is -3.22. The van der Waals surface area contributed by atoms with Gasteiger partial charge in [0.05, 0.1) is 7.11 Å². The SMILES string of the molecule is COc1cccc(-c2c3c(=O)n(CC(C)C)ccc3nc3nc(C)[nH][n+]23)c1. The molecule has 1 aromatic carbocycles. The van der Waals surface area contributed by atoms with Gasteiger partial charge < -0.3 is 9.30 Å². The average Bonchev–Trinajstić information content (AvgIpc) is 3.01. The summed E-state index contributed by atoms with van der Waals surface area (Å²) >= 11 is 0. The molecule has 0 unspecified atom stereocenters. The van der Waals surface area contributed by atoms with Gasteiger partial charge in [-0.2, -0.15) is 0 Å². The number of benzene rings is 1. The lowest BCUT2D eigenvalue weighted by molar-refractivity contribution is -0.567. The number of rotatable bonds is 4. The summed E-state index contributed by atoms with van der Waals surface area (Å²) in [6.07, 6.45) is 1.81. The molecule has 0 saturated heterocycles. The average molecular weight is 364 g/mol. The molecule has 0 bridgehead atoms. The second kappa shape index (κ2) is 6.50. The molecule has 0 fully saturated rings. The fourth-order valence-corrected chi connectivity index (χ4v) is 3.35. The Balaban J connectivity index is 2.14. The second-order valence-electron chi connectivity index (χ2n) is 7.06. The number of aromatic nitrogens is 5. The van der Waals surface area contributed by atoms with Gasteiger partial charge in [0.1, 0.15) is 11.1 Å². The van der Waals surface area contributed by atoms with Crippen LogP contribution in [0, 0.1) is 12.8 Å². The molecule has 1 N–H and O–H groups in total. The summed E-state index contributed by atoms with van der Waals surface area (Å²) in [7, 11) is 1.63. The third-order valence-electron chi connectivity index (χ3n) is 4.47. The highest BCUT2D eigenvalue weighted by Gasteiger charge is 2.24. The Morgan fingerprint density at radius 2 is 2.07 bits per heavy atom. The molecule has 0 amide bonds. The number of pyridine rings is 1. The molecule has 0 atom stereocenters. The van der Waals surface area contributed by atoms with Gasteiger partial charge in [-0.3, -0.25) is 4.79 Å². The van der Waals surface area contributed by atoms with E-state index >= 15 is 0 Å². The molecule has 7 heteroatoms. The molecule has 3 aromatic heterocycles. The molecule has 0 aliphatic rings. The predicted octanol–water partition coefficient (Wildman–Crippen LogP) is 2.50. The first-order valence-electron chi connectivity index (χ1n) is 8.94. The van der Waals surface area contributed by atoms with Crippen molar-refractivity contribution in [1.82, 2.24) is 19.6 Å². The molecular weight excluding hydrogens is 342 g/mol. The molecule has 7 nitrogen and oxygen atoms in total. The number of aromatic amines is 1. The minimum absolute atomic E-state index is 0.0619. The van der Waals surface area contributed by atoms with Crippen molar-refractivity contribution >= 4 is 16.7 Å². The van der Waals surface area contributed by atoms with Crippen molar-refractivity contribution < 1.29 is 9.25 Å². The summed E-state index contributed by atoms with van der Waals surface area (Å²) < 4.78 is 8.89. The minimum atomic E-state index is -0.0619. The number of methoxy groups -OCH3 is 1. The number of fused-ring (bicyclic) bond motifs is 2. The van der Waals surface area contributed by atoms with Crippen LogP contribution in [0.1, 0.15) is 19.7 Å². The van der Waals surface area contributed by atoms with E-state index in [4.69, 9.17) is 4.74 Å². The van der Waals surface area contributed by atoms with E-state index in [1.165, 1.54) is 0 Å². The molecule has 4 rings (SSSR count). The Morgan fingerprint density at radius 3 is 2.81 bits per heavy atom. The molecular formula is C20H22N5O2+. The quantitative estimate of drug-likeness (QED) is 0.565. The van der Waals surface area contributed by atoms with Crippen LogP contribution in [0.4, 0.5) is 0 Å². The third kappa shape index (κ3) is 2.95. The molecule has 4 aromatic rings. The van der Waals surface area contributed by atoms with Gasteiger partial charge in [0.25, 0.3) is 5.56 Å². The van der Waals surface area contributed by atoms with Crippen molar-refractivity contribution in [3.8, 4) is 17.0 Å². The van der Waals surface area contributed by atoms with E-state index in [1.807, 2.05) is 43.5 Å². The molecule has 0 aliphatic carbocycles. The molecule has 27 heavy (non-hydrogen) atoms. The number of hydrogen-bond donors (Lipinski definition) is 1. The van der Waals surface area contributed by atoms with Gasteiger partial charge in [-0.05, 0) is 24.1 Å². The van der Waals surface area contributed by atoms with E-state index in [-0.39, 0.29) is 5.56 Å². The van der Waals surface area contributed by atoms with Crippen molar-refractivity contribution in [2.75, 3.05) is 7.11 Å². The van der Waals surface area contributed by atoms with Crippen LogP contribution < -0.4 is 14.8 Å². The molecule has 3 heterocycles. The molecule has 0 radical (unpaired) electrons. The standard InChI is InChI=1S/C20H21N5O2/c1-12(2)11-24-9-8-16-17(19(24)26)18(14-6-5-7-15(10-14)27-4)25-20(22-16)21-13(3)23-25/h5-10,12H,11H2,1-4H3/p+1. The molecule has 0 aliphatic heterocycles.